The first-order chi connectivity index (χ1) is 6.75. The Morgan fingerprint density at radius 1 is 1.33 bits per heavy atom. The minimum atomic E-state index is -4.94. The van der Waals surface area contributed by atoms with Gasteiger partial charge >= 0.3 is 6.18 Å². The Kier molecular flexibility index (Phi) is 3.03. The van der Waals surface area contributed by atoms with Crippen molar-refractivity contribution in [3.8, 4) is 5.75 Å². The lowest BCUT2D eigenvalue weighted by Crippen LogP contribution is -2.09. The number of rotatable bonds is 1. The standard InChI is InChI=1S/C7H3ClF5NO/c8-3-2(6(9)10)1-14-5(4(3)15)7(11,12)13/h1,6,15H. The van der Waals surface area contributed by atoms with E-state index in [-0.39, 0.29) is 6.20 Å². The van der Waals surface area contributed by atoms with Crippen LogP contribution >= 0.6 is 11.6 Å². The van der Waals surface area contributed by atoms with Crippen LogP contribution in [0.3, 0.4) is 0 Å². The lowest BCUT2D eigenvalue weighted by Gasteiger charge is -2.11. The molecule has 1 rings (SSSR count). The Balaban J connectivity index is 3.34. The van der Waals surface area contributed by atoms with Crippen molar-refractivity contribution in [3.63, 3.8) is 0 Å². The van der Waals surface area contributed by atoms with Crippen LogP contribution in [-0.4, -0.2) is 10.1 Å². The largest absolute Gasteiger partial charge is 0.504 e. The second-order valence-electron chi connectivity index (χ2n) is 2.52. The number of halogens is 6. The molecule has 0 aliphatic rings. The van der Waals surface area contributed by atoms with E-state index in [9.17, 15) is 22.0 Å². The number of aromatic nitrogens is 1. The molecule has 0 aromatic carbocycles. The van der Waals surface area contributed by atoms with Crippen LogP contribution < -0.4 is 0 Å². The van der Waals surface area contributed by atoms with E-state index in [0.717, 1.165) is 0 Å². The molecule has 8 heteroatoms. The van der Waals surface area contributed by atoms with E-state index < -0.39 is 34.6 Å². The van der Waals surface area contributed by atoms with Gasteiger partial charge in [0.25, 0.3) is 6.43 Å². The van der Waals surface area contributed by atoms with Crippen molar-refractivity contribution in [1.82, 2.24) is 4.98 Å². The predicted molar refractivity (Wildman–Crippen MR) is 40.9 cm³/mol. The highest BCUT2D eigenvalue weighted by Gasteiger charge is 2.37. The average molecular weight is 248 g/mol. The maximum Gasteiger partial charge on any atom is 0.437 e. The van der Waals surface area contributed by atoms with E-state index >= 15 is 0 Å². The van der Waals surface area contributed by atoms with Crippen molar-refractivity contribution < 1.29 is 27.1 Å². The van der Waals surface area contributed by atoms with Crippen molar-refractivity contribution in [1.29, 1.82) is 0 Å². The summed E-state index contributed by atoms with van der Waals surface area (Å²) in [4.78, 5) is 2.69. The van der Waals surface area contributed by atoms with E-state index in [1.807, 2.05) is 0 Å². The molecule has 0 fully saturated rings. The molecule has 0 radical (unpaired) electrons. The zero-order valence-electron chi connectivity index (χ0n) is 6.82. The van der Waals surface area contributed by atoms with Crippen molar-refractivity contribution >= 4 is 11.6 Å². The summed E-state index contributed by atoms with van der Waals surface area (Å²) in [7, 11) is 0. The van der Waals surface area contributed by atoms with E-state index in [1.54, 1.807) is 0 Å². The molecule has 0 bridgehead atoms. The quantitative estimate of drug-likeness (QED) is 0.772. The van der Waals surface area contributed by atoms with Crippen LogP contribution in [0.1, 0.15) is 17.7 Å². The number of hydrogen-bond donors (Lipinski definition) is 1. The first-order valence-corrected chi connectivity index (χ1v) is 3.85. The highest BCUT2D eigenvalue weighted by molar-refractivity contribution is 6.32. The molecule has 1 aromatic rings. The molecule has 84 valence electrons. The summed E-state index contributed by atoms with van der Waals surface area (Å²) >= 11 is 5.13. The highest BCUT2D eigenvalue weighted by atomic mass is 35.5. The number of alkyl halides is 5. The first-order valence-electron chi connectivity index (χ1n) is 3.48. The van der Waals surface area contributed by atoms with E-state index in [0.29, 0.717) is 0 Å². The molecule has 1 heterocycles. The van der Waals surface area contributed by atoms with Gasteiger partial charge in [-0.05, 0) is 0 Å². The molecule has 0 unspecified atom stereocenters. The molecule has 2 nitrogen and oxygen atoms in total. The summed E-state index contributed by atoms with van der Waals surface area (Å²) in [5.41, 5.74) is -2.63. The summed E-state index contributed by atoms with van der Waals surface area (Å²) < 4.78 is 60.5. The first kappa shape index (κ1) is 12.0. The van der Waals surface area contributed by atoms with Gasteiger partial charge in [0.1, 0.15) is 0 Å². The topological polar surface area (TPSA) is 33.1 Å². The third-order valence-electron chi connectivity index (χ3n) is 1.52. The molecule has 0 saturated carbocycles. The Hall–Kier alpha value is -1.11. The Morgan fingerprint density at radius 2 is 1.87 bits per heavy atom. The van der Waals surface area contributed by atoms with Gasteiger partial charge in [-0.2, -0.15) is 13.2 Å². The van der Waals surface area contributed by atoms with Gasteiger partial charge in [-0.3, -0.25) is 0 Å². The molecule has 0 saturated heterocycles. The van der Waals surface area contributed by atoms with E-state index in [4.69, 9.17) is 16.7 Å². The van der Waals surface area contributed by atoms with Gasteiger partial charge in [-0.1, -0.05) is 11.6 Å². The fourth-order valence-corrected chi connectivity index (χ4v) is 1.07. The molecule has 1 N–H and O–H groups in total. The van der Waals surface area contributed by atoms with Crippen molar-refractivity contribution in [2.24, 2.45) is 0 Å². The van der Waals surface area contributed by atoms with Gasteiger partial charge in [-0.15, -0.1) is 0 Å². The van der Waals surface area contributed by atoms with Gasteiger partial charge in [-0.25, -0.2) is 13.8 Å². The van der Waals surface area contributed by atoms with Crippen LogP contribution in [0.2, 0.25) is 5.02 Å². The highest BCUT2D eigenvalue weighted by Crippen LogP contribution is 2.41. The maximum atomic E-state index is 12.1. The van der Waals surface area contributed by atoms with Crippen molar-refractivity contribution in [2.45, 2.75) is 12.6 Å². The van der Waals surface area contributed by atoms with Crippen LogP contribution in [0.4, 0.5) is 22.0 Å². The summed E-state index contributed by atoms with van der Waals surface area (Å²) in [5.74, 6) is -1.48. The van der Waals surface area contributed by atoms with Crippen LogP contribution in [0.15, 0.2) is 6.20 Å². The third-order valence-corrected chi connectivity index (χ3v) is 1.92. The number of hydrogen-bond acceptors (Lipinski definition) is 2. The van der Waals surface area contributed by atoms with Crippen LogP contribution in [-0.2, 0) is 6.18 Å². The molecule has 0 spiro atoms. The Morgan fingerprint density at radius 3 is 2.27 bits per heavy atom. The van der Waals surface area contributed by atoms with Gasteiger partial charge in [0.15, 0.2) is 11.4 Å². The summed E-state index contributed by atoms with van der Waals surface area (Å²) in [6.45, 7) is 0. The molecule has 0 aliphatic heterocycles. The molecule has 0 amide bonds. The Labute approximate surface area is 85.3 Å². The van der Waals surface area contributed by atoms with Gasteiger partial charge in [0, 0.05) is 6.20 Å². The van der Waals surface area contributed by atoms with Gasteiger partial charge in [0.05, 0.1) is 10.6 Å². The monoisotopic (exact) mass is 247 g/mol. The fourth-order valence-electron chi connectivity index (χ4n) is 0.852. The second kappa shape index (κ2) is 3.80. The summed E-state index contributed by atoms with van der Waals surface area (Å²) in [5, 5.41) is 7.88. The van der Waals surface area contributed by atoms with Crippen molar-refractivity contribution in [2.75, 3.05) is 0 Å². The van der Waals surface area contributed by atoms with Crippen LogP contribution in [0.5, 0.6) is 5.75 Å². The molecule has 1 aromatic heterocycles. The van der Waals surface area contributed by atoms with Crippen molar-refractivity contribution in [3.05, 3.63) is 22.5 Å². The van der Waals surface area contributed by atoms with E-state index in [2.05, 4.69) is 4.98 Å². The smallest absolute Gasteiger partial charge is 0.437 e. The minimum Gasteiger partial charge on any atom is -0.504 e. The number of pyridine rings is 1. The lowest BCUT2D eigenvalue weighted by atomic mass is 10.2. The predicted octanol–water partition coefficient (Wildman–Crippen LogP) is 3.40. The molecule has 0 aliphatic carbocycles. The van der Waals surface area contributed by atoms with Gasteiger partial charge < -0.3 is 5.11 Å². The van der Waals surface area contributed by atoms with E-state index in [1.165, 1.54) is 0 Å². The Bertz CT molecular complexity index is 378. The van der Waals surface area contributed by atoms with Crippen LogP contribution in [0, 0.1) is 0 Å². The normalized spacial score (nSPS) is 12.2. The summed E-state index contributed by atoms with van der Waals surface area (Å²) in [6.07, 6.45) is -7.75. The molecular formula is C7H3ClF5NO. The maximum absolute atomic E-state index is 12.1. The third kappa shape index (κ3) is 2.28. The molecular weight excluding hydrogens is 245 g/mol. The second-order valence-corrected chi connectivity index (χ2v) is 2.90. The molecule has 15 heavy (non-hydrogen) atoms. The SMILES string of the molecule is Oc1c(C(F)(F)F)ncc(C(F)F)c1Cl. The summed E-state index contributed by atoms with van der Waals surface area (Å²) in [6, 6.07) is 0. The lowest BCUT2D eigenvalue weighted by molar-refractivity contribution is -0.142. The zero-order valence-corrected chi connectivity index (χ0v) is 7.57. The zero-order chi connectivity index (χ0) is 11.8. The average Bonchev–Trinajstić information content (AvgIpc) is 2.06. The molecule has 0 atom stereocenters. The number of nitrogens with zero attached hydrogens (tertiary/aromatic N) is 1. The minimum absolute atomic E-state index is 0.287. The van der Waals surface area contributed by atoms with Crippen LogP contribution in [0.25, 0.3) is 0 Å². The van der Waals surface area contributed by atoms with Gasteiger partial charge in [0.2, 0.25) is 0 Å². The number of aromatic hydroxyl groups is 1. The fraction of sp³-hybridized carbons (Fsp3) is 0.286.